The van der Waals surface area contributed by atoms with Gasteiger partial charge in [-0.2, -0.15) is 0 Å². The third-order valence-corrected chi connectivity index (χ3v) is 9.53. The molecule has 290 valence electrons. The van der Waals surface area contributed by atoms with Crippen LogP contribution in [0.1, 0.15) is 6.92 Å². The number of aliphatic hydroxyl groups is 12. The molecule has 3 fully saturated rings. The second-order valence-electron chi connectivity index (χ2n) is 13.0. The summed E-state index contributed by atoms with van der Waals surface area (Å²) in [6.07, 6.45) is -26.4. The molecule has 0 saturated carbocycles. The summed E-state index contributed by atoms with van der Waals surface area (Å²) >= 11 is 0. The Kier molecular flexibility index (Phi) is 13.3. The van der Waals surface area contributed by atoms with E-state index in [0.29, 0.717) is 0 Å². The highest BCUT2D eigenvalue weighted by atomic mass is 16.8. The predicted octanol–water partition coefficient (Wildman–Crippen LogP) is -6.77. The highest BCUT2D eigenvalue weighted by Gasteiger charge is 2.54. The molecule has 0 bridgehead atoms. The smallest absolute Gasteiger partial charge is 0.229 e. The highest BCUT2D eigenvalue weighted by molar-refractivity contribution is 5.32. The maximum Gasteiger partial charge on any atom is 0.229 e. The van der Waals surface area contributed by atoms with E-state index in [2.05, 4.69) is 5.32 Å². The molecule has 0 radical (unpaired) electrons. The number of rotatable bonds is 11. The lowest BCUT2D eigenvalue weighted by Gasteiger charge is -2.48. The monoisotopic (exact) mass is 737 g/mol. The molecule has 0 amide bonds. The Hall–Kier alpha value is -2.16. The average Bonchev–Trinajstić information content (AvgIpc) is 3.11. The molecule has 19 atom stereocenters. The molecule has 1 aliphatic carbocycles. The van der Waals surface area contributed by atoms with Gasteiger partial charge in [-0.15, -0.1) is 0 Å². The molecule has 0 spiro atoms. The van der Waals surface area contributed by atoms with Crippen LogP contribution in [0.3, 0.4) is 0 Å². The van der Waals surface area contributed by atoms with Crippen molar-refractivity contribution in [1.82, 2.24) is 5.32 Å². The van der Waals surface area contributed by atoms with E-state index in [1.54, 1.807) is 0 Å². The van der Waals surface area contributed by atoms with Gasteiger partial charge in [0.2, 0.25) is 6.29 Å². The molecule has 19 unspecified atom stereocenters. The van der Waals surface area contributed by atoms with E-state index >= 15 is 0 Å². The van der Waals surface area contributed by atoms with Gasteiger partial charge in [0.25, 0.3) is 0 Å². The van der Waals surface area contributed by atoms with Gasteiger partial charge in [0.15, 0.2) is 12.6 Å². The molecule has 20 nitrogen and oxygen atoms in total. The second kappa shape index (κ2) is 16.9. The van der Waals surface area contributed by atoms with Crippen LogP contribution in [0.25, 0.3) is 0 Å². The number of phenols is 1. The Morgan fingerprint density at radius 1 is 0.667 bits per heavy atom. The molecule has 20 heteroatoms. The lowest BCUT2D eigenvalue weighted by molar-refractivity contribution is -0.372. The maximum atomic E-state index is 11.1. The molecule has 1 aromatic carbocycles. The number of nitrogens with one attached hydrogen (secondary N) is 1. The van der Waals surface area contributed by atoms with Crippen LogP contribution in [0.2, 0.25) is 0 Å². The fraction of sp³-hybridized carbons (Fsp3) is 0.742. The molecule has 4 aliphatic rings. The molecule has 1 aromatic rings. The van der Waals surface area contributed by atoms with Crippen molar-refractivity contribution in [3.8, 4) is 11.5 Å². The van der Waals surface area contributed by atoms with Crippen LogP contribution in [-0.4, -0.2) is 203 Å². The normalized spacial score (nSPS) is 46.4. The minimum Gasteiger partial charge on any atom is -0.508 e. The largest absolute Gasteiger partial charge is 0.508 e. The predicted molar refractivity (Wildman–Crippen MR) is 164 cm³/mol. The van der Waals surface area contributed by atoms with Crippen LogP contribution in [0.5, 0.6) is 11.5 Å². The summed E-state index contributed by atoms with van der Waals surface area (Å²) in [6, 6.07) is 3.31. The van der Waals surface area contributed by atoms with Gasteiger partial charge < -0.3 is 100 Å². The molecule has 3 heterocycles. The zero-order valence-corrected chi connectivity index (χ0v) is 27.2. The lowest BCUT2D eigenvalue weighted by atomic mass is 9.86. The molecule has 51 heavy (non-hydrogen) atoms. The minimum atomic E-state index is -1.96. The third-order valence-electron chi connectivity index (χ3n) is 9.53. The van der Waals surface area contributed by atoms with Crippen molar-refractivity contribution in [2.24, 2.45) is 0 Å². The van der Waals surface area contributed by atoms with Gasteiger partial charge in [0.05, 0.1) is 38.0 Å². The quantitative estimate of drug-likeness (QED) is 0.0938. The lowest BCUT2D eigenvalue weighted by Crippen LogP contribution is -2.68. The fourth-order valence-electron chi connectivity index (χ4n) is 6.59. The first-order chi connectivity index (χ1) is 24.2. The topological polar surface area (TPSA) is 330 Å². The third kappa shape index (κ3) is 8.33. The molecular weight excluding hydrogens is 690 g/mol. The average molecular weight is 738 g/mol. The summed E-state index contributed by atoms with van der Waals surface area (Å²) in [5.41, 5.74) is 0.0184. The number of benzene rings is 1. The van der Waals surface area contributed by atoms with Gasteiger partial charge in [0.1, 0.15) is 90.9 Å². The molecule has 3 aliphatic heterocycles. The van der Waals surface area contributed by atoms with E-state index in [0.717, 1.165) is 0 Å². The summed E-state index contributed by atoms with van der Waals surface area (Å²) in [7, 11) is 0. The Balaban J connectivity index is 1.22. The van der Waals surface area contributed by atoms with Crippen molar-refractivity contribution >= 4 is 0 Å². The maximum absolute atomic E-state index is 11.1. The number of ether oxygens (including phenoxy) is 6. The summed E-state index contributed by atoms with van der Waals surface area (Å²) in [6.45, 7) is -0.767. The zero-order valence-electron chi connectivity index (χ0n) is 27.2. The van der Waals surface area contributed by atoms with Crippen LogP contribution >= 0.6 is 0 Å². The van der Waals surface area contributed by atoms with Gasteiger partial charge in [-0.25, -0.2) is 0 Å². The number of aliphatic hydroxyl groups excluding tert-OH is 12. The molecule has 14 N–H and O–H groups in total. The fourth-order valence-corrected chi connectivity index (χ4v) is 6.59. The van der Waals surface area contributed by atoms with Crippen LogP contribution in [0.15, 0.2) is 35.9 Å². The van der Waals surface area contributed by atoms with Gasteiger partial charge in [-0.1, -0.05) is 12.1 Å². The van der Waals surface area contributed by atoms with E-state index in [-0.39, 0.29) is 17.1 Å². The Labute approximate surface area is 290 Å². The molecular formula is C31H47NO19. The number of phenolic OH excluding ortho intramolecular Hbond substituents is 1. The number of hydrogen-bond donors (Lipinski definition) is 14. The van der Waals surface area contributed by atoms with E-state index < -0.39 is 136 Å². The van der Waals surface area contributed by atoms with Crippen molar-refractivity contribution in [2.45, 2.75) is 123 Å². The standard InChI is InChI=1S/C31H47NO19/c1-10-17(32-14-5-11(7-33)18(37)21(40)19(14)38)20(39)24(43)29(46-10)50-27-16(9-35)49-31(26(45)23(27)42)51-28-15(8-34)48-30(25(44)22(28)41)47-13-4-2-3-12(36)6-13/h2-6,10,14-45H,7-9H2,1H3. The van der Waals surface area contributed by atoms with Crippen molar-refractivity contribution in [2.75, 3.05) is 19.8 Å². The highest BCUT2D eigenvalue weighted by Crippen LogP contribution is 2.34. The minimum absolute atomic E-state index is 0.0184. The Bertz CT molecular complexity index is 1310. The second-order valence-corrected chi connectivity index (χ2v) is 13.0. The van der Waals surface area contributed by atoms with Gasteiger partial charge in [-0.3, -0.25) is 0 Å². The Morgan fingerprint density at radius 2 is 1.22 bits per heavy atom. The summed E-state index contributed by atoms with van der Waals surface area (Å²) in [5.74, 6) is -0.0707. The SMILES string of the molecule is CC1OC(OC2C(CO)OC(OC3C(CO)OC(Oc4cccc(O)c4)C(O)C3O)C(O)C2O)C(O)C(O)C1NC1C=C(CO)C(O)C(O)C1O. The van der Waals surface area contributed by atoms with Gasteiger partial charge in [0, 0.05) is 6.07 Å². The molecule has 0 aromatic heterocycles. The first-order valence-electron chi connectivity index (χ1n) is 16.3. The Morgan fingerprint density at radius 3 is 1.78 bits per heavy atom. The summed E-state index contributed by atoms with van der Waals surface area (Å²) in [5, 5.41) is 138. The van der Waals surface area contributed by atoms with E-state index in [1.165, 1.54) is 37.3 Å². The van der Waals surface area contributed by atoms with Crippen molar-refractivity contribution in [3.63, 3.8) is 0 Å². The van der Waals surface area contributed by atoms with Crippen LogP contribution in [-0.2, 0) is 23.7 Å². The van der Waals surface area contributed by atoms with E-state index in [4.69, 9.17) is 28.4 Å². The van der Waals surface area contributed by atoms with Crippen molar-refractivity contribution in [1.29, 1.82) is 0 Å². The number of hydrogen-bond acceptors (Lipinski definition) is 20. The summed E-state index contributed by atoms with van der Waals surface area (Å²) in [4.78, 5) is 0. The van der Waals surface area contributed by atoms with Crippen molar-refractivity contribution in [3.05, 3.63) is 35.9 Å². The van der Waals surface area contributed by atoms with E-state index in [1.807, 2.05) is 0 Å². The van der Waals surface area contributed by atoms with Crippen LogP contribution in [0.4, 0.5) is 0 Å². The van der Waals surface area contributed by atoms with E-state index in [9.17, 15) is 66.4 Å². The van der Waals surface area contributed by atoms with Gasteiger partial charge >= 0.3 is 0 Å². The van der Waals surface area contributed by atoms with Crippen LogP contribution < -0.4 is 10.1 Å². The first-order valence-corrected chi connectivity index (χ1v) is 16.3. The summed E-state index contributed by atoms with van der Waals surface area (Å²) < 4.78 is 33.9. The van der Waals surface area contributed by atoms with Gasteiger partial charge in [-0.05, 0) is 24.6 Å². The molecule has 5 rings (SSSR count). The van der Waals surface area contributed by atoms with Crippen LogP contribution in [0, 0.1) is 0 Å². The first kappa shape index (κ1) is 40.0. The number of aromatic hydroxyl groups is 1. The zero-order chi connectivity index (χ0) is 37.3. The molecule has 3 saturated heterocycles. The van der Waals surface area contributed by atoms with Crippen molar-refractivity contribution < 1.29 is 94.8 Å².